The molecule has 5 rings (SSSR count). The van der Waals surface area contributed by atoms with E-state index in [-0.39, 0.29) is 18.5 Å². The minimum absolute atomic E-state index is 0.162. The fraction of sp³-hybridized carbons (Fsp3) is 0.552. The molecule has 2 aliphatic rings. The molecule has 0 aliphatic heterocycles. The molecule has 1 aromatic carbocycles. The highest BCUT2D eigenvalue weighted by Crippen LogP contribution is 2.47. The molecule has 8 nitrogen and oxygen atoms in total. The summed E-state index contributed by atoms with van der Waals surface area (Å²) in [5, 5.41) is 6.26. The maximum Gasteiger partial charge on any atom is 0.419 e. The lowest BCUT2D eigenvalue weighted by Crippen LogP contribution is -2.47. The van der Waals surface area contributed by atoms with Crippen molar-refractivity contribution in [1.82, 2.24) is 19.7 Å². The molecule has 2 aliphatic carbocycles. The second-order valence-electron chi connectivity index (χ2n) is 12.5. The summed E-state index contributed by atoms with van der Waals surface area (Å²) in [7, 11) is 0. The molecule has 2 amide bonds. The zero-order valence-electron chi connectivity index (χ0n) is 22.7. The Morgan fingerprint density at radius 3 is 2.24 bits per heavy atom. The van der Waals surface area contributed by atoms with Crippen LogP contribution in [0.2, 0.25) is 0 Å². The number of hydrogen-bond donors (Lipinski definition) is 1. The third kappa shape index (κ3) is 5.68. The Kier molecular flexibility index (Phi) is 6.32. The third-order valence-corrected chi connectivity index (χ3v) is 6.86. The van der Waals surface area contributed by atoms with Crippen LogP contribution < -0.4 is 0 Å². The number of imide groups is 1. The van der Waals surface area contributed by atoms with Crippen LogP contribution in [0.25, 0.3) is 22.0 Å². The van der Waals surface area contributed by atoms with Gasteiger partial charge in [0.15, 0.2) is 0 Å². The van der Waals surface area contributed by atoms with Gasteiger partial charge < -0.3 is 14.5 Å². The monoisotopic (exact) mass is 506 g/mol. The van der Waals surface area contributed by atoms with E-state index in [1.54, 1.807) is 41.5 Å². The Bertz CT molecular complexity index is 1270. The standard InChI is InChI=1S/C29H38N4O4/c1-28(2,3)36-26(34)32(27(35)37-29(4,5)6)16-18-14-20(15-18)33-17-23(25(31-33)19-10-11-19)21-8-7-9-24-22(21)12-13-30-24/h7-9,12-13,17-20,30H,10-11,14-16H2,1-6H3/t18-,20-. The highest BCUT2D eigenvalue weighted by Gasteiger charge is 2.39. The second-order valence-corrected chi connectivity index (χ2v) is 12.5. The van der Waals surface area contributed by atoms with Crippen molar-refractivity contribution in [3.05, 3.63) is 42.4 Å². The van der Waals surface area contributed by atoms with Crippen molar-refractivity contribution in [2.45, 2.75) is 90.4 Å². The van der Waals surface area contributed by atoms with E-state index < -0.39 is 23.4 Å². The number of nitrogens with zero attached hydrogens (tertiary/aromatic N) is 3. The number of amides is 2. The molecule has 0 spiro atoms. The molecule has 0 atom stereocenters. The summed E-state index contributed by atoms with van der Waals surface area (Å²) in [4.78, 5) is 30.2. The minimum Gasteiger partial charge on any atom is -0.443 e. The number of hydrogen-bond acceptors (Lipinski definition) is 5. The van der Waals surface area contributed by atoms with E-state index >= 15 is 0 Å². The van der Waals surface area contributed by atoms with E-state index in [1.165, 1.54) is 35.0 Å². The van der Waals surface area contributed by atoms with Gasteiger partial charge in [0.05, 0.1) is 11.7 Å². The number of H-pyrrole nitrogens is 1. The lowest BCUT2D eigenvalue weighted by molar-refractivity contribution is -0.00641. The Labute approximate surface area is 218 Å². The van der Waals surface area contributed by atoms with Gasteiger partial charge in [0.2, 0.25) is 0 Å². The summed E-state index contributed by atoms with van der Waals surface area (Å²) >= 11 is 0. The zero-order chi connectivity index (χ0) is 26.5. The van der Waals surface area contributed by atoms with Crippen molar-refractivity contribution in [3.63, 3.8) is 0 Å². The SMILES string of the molecule is CC(C)(C)OC(=O)N(C[C@H]1C[C@H](n2cc(-c3cccc4[nH]ccc34)c(C3CC3)n2)C1)C(=O)OC(C)(C)C. The fourth-order valence-electron chi connectivity index (χ4n) is 4.96. The number of ether oxygens (including phenoxy) is 2. The van der Waals surface area contributed by atoms with Gasteiger partial charge in [-0.05, 0) is 90.8 Å². The first-order valence-electron chi connectivity index (χ1n) is 13.3. The molecule has 37 heavy (non-hydrogen) atoms. The van der Waals surface area contributed by atoms with Crippen molar-refractivity contribution in [2.24, 2.45) is 5.92 Å². The Morgan fingerprint density at radius 2 is 1.65 bits per heavy atom. The predicted octanol–water partition coefficient (Wildman–Crippen LogP) is 7.03. The molecule has 2 saturated carbocycles. The molecule has 0 unspecified atom stereocenters. The topological polar surface area (TPSA) is 89.5 Å². The highest BCUT2D eigenvalue weighted by molar-refractivity contribution is 5.95. The van der Waals surface area contributed by atoms with Crippen molar-refractivity contribution in [2.75, 3.05) is 6.54 Å². The molecule has 0 saturated heterocycles. The summed E-state index contributed by atoms with van der Waals surface area (Å²) in [6.07, 6.45) is 6.87. The summed E-state index contributed by atoms with van der Waals surface area (Å²) in [6, 6.07) is 8.72. The summed E-state index contributed by atoms with van der Waals surface area (Å²) in [5.41, 5.74) is 3.32. The number of rotatable bonds is 5. The normalized spacial score (nSPS) is 19.9. The van der Waals surface area contributed by atoms with Crippen LogP contribution in [0, 0.1) is 5.92 Å². The maximum absolute atomic E-state index is 12.9. The van der Waals surface area contributed by atoms with Crippen LogP contribution in [0.5, 0.6) is 0 Å². The van der Waals surface area contributed by atoms with Crippen LogP contribution in [0.4, 0.5) is 9.59 Å². The van der Waals surface area contributed by atoms with E-state index in [0.717, 1.165) is 23.3 Å². The van der Waals surface area contributed by atoms with E-state index in [0.29, 0.717) is 5.92 Å². The first-order chi connectivity index (χ1) is 17.4. The van der Waals surface area contributed by atoms with Crippen LogP contribution in [0.1, 0.15) is 84.9 Å². The number of benzene rings is 1. The molecule has 0 radical (unpaired) electrons. The lowest BCUT2D eigenvalue weighted by Gasteiger charge is -2.38. The molecular weight excluding hydrogens is 468 g/mol. The number of aromatic amines is 1. The largest absolute Gasteiger partial charge is 0.443 e. The van der Waals surface area contributed by atoms with Gasteiger partial charge in [-0.1, -0.05) is 12.1 Å². The molecule has 3 aromatic rings. The number of nitrogens with one attached hydrogen (secondary N) is 1. The van der Waals surface area contributed by atoms with E-state index in [1.807, 2.05) is 6.20 Å². The van der Waals surface area contributed by atoms with Crippen LogP contribution >= 0.6 is 0 Å². The van der Waals surface area contributed by atoms with Gasteiger partial charge in [0.25, 0.3) is 0 Å². The number of aromatic nitrogens is 3. The van der Waals surface area contributed by atoms with Crippen molar-refractivity contribution < 1.29 is 19.1 Å². The average Bonchev–Trinajstić information content (AvgIpc) is 3.31. The number of carbonyl (C=O) groups is 2. The van der Waals surface area contributed by atoms with E-state index in [4.69, 9.17) is 14.6 Å². The van der Waals surface area contributed by atoms with E-state index in [9.17, 15) is 9.59 Å². The molecule has 198 valence electrons. The predicted molar refractivity (Wildman–Crippen MR) is 142 cm³/mol. The molecular formula is C29H38N4O4. The molecule has 1 N–H and O–H groups in total. The number of fused-ring (bicyclic) bond motifs is 1. The molecule has 0 bridgehead atoms. The van der Waals surface area contributed by atoms with Gasteiger partial charge in [0.1, 0.15) is 11.2 Å². The minimum atomic E-state index is -0.702. The van der Waals surface area contributed by atoms with Gasteiger partial charge in [-0.25, -0.2) is 14.5 Å². The smallest absolute Gasteiger partial charge is 0.419 e. The first-order valence-corrected chi connectivity index (χ1v) is 13.3. The molecule has 2 aromatic heterocycles. The Hall–Kier alpha value is -3.29. The maximum atomic E-state index is 12.9. The quantitative estimate of drug-likeness (QED) is 0.401. The van der Waals surface area contributed by atoms with Crippen LogP contribution in [-0.4, -0.2) is 49.6 Å². The van der Waals surface area contributed by atoms with E-state index in [2.05, 4.69) is 40.1 Å². The fourth-order valence-corrected chi connectivity index (χ4v) is 4.96. The van der Waals surface area contributed by atoms with Gasteiger partial charge in [-0.3, -0.25) is 4.68 Å². The van der Waals surface area contributed by atoms with Gasteiger partial charge in [-0.2, -0.15) is 5.10 Å². The Morgan fingerprint density at radius 1 is 1.00 bits per heavy atom. The zero-order valence-corrected chi connectivity index (χ0v) is 22.7. The van der Waals surface area contributed by atoms with Crippen LogP contribution in [-0.2, 0) is 9.47 Å². The van der Waals surface area contributed by atoms with Gasteiger partial charge >= 0.3 is 12.2 Å². The van der Waals surface area contributed by atoms with Crippen molar-refractivity contribution in [3.8, 4) is 11.1 Å². The van der Waals surface area contributed by atoms with Crippen molar-refractivity contribution in [1.29, 1.82) is 0 Å². The van der Waals surface area contributed by atoms with Crippen LogP contribution in [0.3, 0.4) is 0 Å². The van der Waals surface area contributed by atoms with Crippen molar-refractivity contribution >= 4 is 23.1 Å². The first kappa shape index (κ1) is 25.4. The molecule has 8 heteroatoms. The molecule has 2 fully saturated rings. The average molecular weight is 507 g/mol. The summed E-state index contributed by atoms with van der Waals surface area (Å²) in [6.45, 7) is 11.0. The molecule has 2 heterocycles. The Balaban J connectivity index is 1.31. The summed E-state index contributed by atoms with van der Waals surface area (Å²) in [5.74, 6) is 0.686. The lowest BCUT2D eigenvalue weighted by atomic mass is 9.80. The number of carbonyl (C=O) groups excluding carboxylic acids is 2. The van der Waals surface area contributed by atoms with Crippen LogP contribution in [0.15, 0.2) is 36.7 Å². The highest BCUT2D eigenvalue weighted by atomic mass is 16.6. The second kappa shape index (κ2) is 9.23. The summed E-state index contributed by atoms with van der Waals surface area (Å²) < 4.78 is 13.1. The van der Waals surface area contributed by atoms with Gasteiger partial charge in [-0.15, -0.1) is 0 Å². The third-order valence-electron chi connectivity index (χ3n) is 6.86. The van der Waals surface area contributed by atoms with Gasteiger partial charge in [0, 0.05) is 41.3 Å².